The molecule has 0 unspecified atom stereocenters. The third-order valence-corrected chi connectivity index (χ3v) is 8.50. The Morgan fingerprint density at radius 3 is 2.29 bits per heavy atom. The maximum absolute atomic E-state index is 12.9. The highest BCUT2D eigenvalue weighted by Gasteiger charge is 2.32. The van der Waals surface area contributed by atoms with Crippen LogP contribution in [0.1, 0.15) is 48.2 Å². The molecule has 2 aliphatic heterocycles. The summed E-state index contributed by atoms with van der Waals surface area (Å²) in [6.45, 7) is 3.76. The van der Waals surface area contributed by atoms with Gasteiger partial charge in [-0.2, -0.15) is 23.4 Å². The SMILES string of the molecule is CC(=O)N1CCc2c(c(Nc3ccc(-c4cnn(C)c4)cc3)nn2C2CCN(C(=O)/C=C/c3ccc(C(F)(F)F)cc3)CC2)C1. The number of anilines is 2. The molecule has 1 saturated heterocycles. The molecular formula is C33H34F3N7O2. The Hall–Kier alpha value is -4.87. The largest absolute Gasteiger partial charge is 0.416 e. The lowest BCUT2D eigenvalue weighted by atomic mass is 10.0. The number of carbonyl (C=O) groups is 2. The van der Waals surface area contributed by atoms with Gasteiger partial charge >= 0.3 is 6.18 Å². The second-order valence-corrected chi connectivity index (χ2v) is 11.5. The summed E-state index contributed by atoms with van der Waals surface area (Å²) in [5.41, 5.74) is 4.89. The molecule has 0 radical (unpaired) electrons. The number of hydrogen-bond acceptors (Lipinski definition) is 5. The first-order valence-corrected chi connectivity index (χ1v) is 14.9. The number of amides is 2. The number of nitrogens with zero attached hydrogens (tertiary/aromatic N) is 6. The molecule has 0 atom stereocenters. The van der Waals surface area contributed by atoms with Gasteiger partial charge in [-0.3, -0.25) is 19.0 Å². The van der Waals surface area contributed by atoms with E-state index in [1.807, 2.05) is 48.6 Å². The highest BCUT2D eigenvalue weighted by molar-refractivity contribution is 5.91. The fourth-order valence-electron chi connectivity index (χ4n) is 5.96. The Morgan fingerprint density at radius 2 is 1.67 bits per heavy atom. The van der Waals surface area contributed by atoms with Crippen molar-refractivity contribution in [1.82, 2.24) is 29.4 Å². The van der Waals surface area contributed by atoms with E-state index in [-0.39, 0.29) is 17.9 Å². The number of likely N-dealkylation sites (tertiary alicyclic amines) is 1. The molecular weight excluding hydrogens is 583 g/mol. The normalized spacial score (nSPS) is 15.8. The minimum atomic E-state index is -4.40. The Balaban J connectivity index is 1.14. The van der Waals surface area contributed by atoms with Gasteiger partial charge in [-0.05, 0) is 54.3 Å². The Morgan fingerprint density at radius 1 is 0.956 bits per heavy atom. The van der Waals surface area contributed by atoms with Crippen LogP contribution >= 0.6 is 0 Å². The van der Waals surface area contributed by atoms with Crippen LogP contribution in [-0.4, -0.2) is 60.8 Å². The number of hydrogen-bond donors (Lipinski definition) is 1. The molecule has 9 nitrogen and oxygen atoms in total. The number of aromatic nitrogens is 4. The number of fused-ring (bicyclic) bond motifs is 1. The maximum Gasteiger partial charge on any atom is 0.416 e. The van der Waals surface area contributed by atoms with Gasteiger partial charge in [-0.25, -0.2) is 0 Å². The zero-order valence-corrected chi connectivity index (χ0v) is 25.1. The van der Waals surface area contributed by atoms with E-state index in [1.165, 1.54) is 18.2 Å². The summed E-state index contributed by atoms with van der Waals surface area (Å²) in [5.74, 6) is 0.574. The van der Waals surface area contributed by atoms with E-state index >= 15 is 0 Å². The van der Waals surface area contributed by atoms with Gasteiger partial charge in [-0.1, -0.05) is 24.3 Å². The van der Waals surface area contributed by atoms with E-state index in [0.29, 0.717) is 51.0 Å². The summed E-state index contributed by atoms with van der Waals surface area (Å²) in [6.07, 6.45) is 4.46. The van der Waals surface area contributed by atoms with Crippen molar-refractivity contribution in [3.63, 3.8) is 0 Å². The third kappa shape index (κ3) is 6.64. The Labute approximate surface area is 258 Å². The summed E-state index contributed by atoms with van der Waals surface area (Å²) in [4.78, 5) is 28.7. The van der Waals surface area contributed by atoms with E-state index in [2.05, 4.69) is 15.1 Å². The van der Waals surface area contributed by atoms with Crippen molar-refractivity contribution in [2.45, 2.75) is 44.9 Å². The van der Waals surface area contributed by atoms with Crippen LogP contribution in [0.3, 0.4) is 0 Å². The summed E-state index contributed by atoms with van der Waals surface area (Å²) in [7, 11) is 1.88. The lowest BCUT2D eigenvalue weighted by molar-refractivity contribution is -0.137. The Bertz CT molecular complexity index is 1710. The monoisotopic (exact) mass is 617 g/mol. The number of rotatable bonds is 6. The van der Waals surface area contributed by atoms with Gasteiger partial charge in [-0.15, -0.1) is 0 Å². The molecule has 0 aliphatic carbocycles. The van der Waals surface area contributed by atoms with E-state index in [9.17, 15) is 22.8 Å². The van der Waals surface area contributed by atoms with Crippen LogP contribution in [0.5, 0.6) is 0 Å². The van der Waals surface area contributed by atoms with Crippen molar-refractivity contribution < 1.29 is 22.8 Å². The number of benzene rings is 2. The fourth-order valence-corrected chi connectivity index (χ4v) is 5.96. The van der Waals surface area contributed by atoms with Crippen molar-refractivity contribution in [3.8, 4) is 11.1 Å². The molecule has 6 rings (SSSR count). The smallest absolute Gasteiger partial charge is 0.339 e. The molecule has 2 aromatic carbocycles. The van der Waals surface area contributed by atoms with Crippen LogP contribution < -0.4 is 5.32 Å². The quantitative estimate of drug-likeness (QED) is 0.275. The van der Waals surface area contributed by atoms with E-state index in [0.717, 1.165) is 46.0 Å². The van der Waals surface area contributed by atoms with E-state index < -0.39 is 11.7 Å². The molecule has 4 heterocycles. The number of nitrogens with one attached hydrogen (secondary N) is 1. The average Bonchev–Trinajstić information content (AvgIpc) is 3.63. The van der Waals surface area contributed by atoms with Crippen LogP contribution in [0, 0.1) is 0 Å². The zero-order valence-electron chi connectivity index (χ0n) is 25.1. The van der Waals surface area contributed by atoms with Crippen LogP contribution in [0.4, 0.5) is 24.7 Å². The first-order chi connectivity index (χ1) is 21.5. The van der Waals surface area contributed by atoms with Gasteiger partial charge in [0.25, 0.3) is 0 Å². The zero-order chi connectivity index (χ0) is 31.7. The van der Waals surface area contributed by atoms with Gasteiger partial charge in [0, 0.05) is 74.8 Å². The molecule has 234 valence electrons. The van der Waals surface area contributed by atoms with Crippen molar-refractivity contribution in [2.75, 3.05) is 25.0 Å². The molecule has 1 fully saturated rings. The van der Waals surface area contributed by atoms with Gasteiger partial charge in [0.2, 0.25) is 11.8 Å². The lowest BCUT2D eigenvalue weighted by Gasteiger charge is -2.33. The van der Waals surface area contributed by atoms with Gasteiger partial charge in [0.05, 0.1) is 24.3 Å². The predicted molar refractivity (Wildman–Crippen MR) is 164 cm³/mol. The van der Waals surface area contributed by atoms with Crippen LogP contribution in [0.25, 0.3) is 17.2 Å². The number of aryl methyl sites for hydroxylation is 1. The molecule has 0 saturated carbocycles. The Kier molecular flexibility index (Phi) is 8.22. The molecule has 0 bridgehead atoms. The topological polar surface area (TPSA) is 88.3 Å². The summed E-state index contributed by atoms with van der Waals surface area (Å²) >= 11 is 0. The molecule has 2 aliphatic rings. The number of halogens is 3. The summed E-state index contributed by atoms with van der Waals surface area (Å²) < 4.78 is 42.3. The molecule has 0 spiro atoms. The van der Waals surface area contributed by atoms with Crippen LogP contribution in [0.15, 0.2) is 67.0 Å². The minimum Gasteiger partial charge on any atom is -0.339 e. The fraction of sp³-hybridized carbons (Fsp3) is 0.333. The highest BCUT2D eigenvalue weighted by Crippen LogP contribution is 2.34. The van der Waals surface area contributed by atoms with Gasteiger partial charge < -0.3 is 15.1 Å². The van der Waals surface area contributed by atoms with Crippen molar-refractivity contribution in [3.05, 3.63) is 89.4 Å². The van der Waals surface area contributed by atoms with Crippen molar-refractivity contribution in [2.24, 2.45) is 7.05 Å². The summed E-state index contributed by atoms with van der Waals surface area (Å²) in [6, 6.07) is 12.9. The molecule has 1 N–H and O–H groups in total. The molecule has 2 aromatic heterocycles. The van der Waals surface area contributed by atoms with E-state index in [4.69, 9.17) is 5.10 Å². The van der Waals surface area contributed by atoms with Gasteiger partial charge in [0.15, 0.2) is 5.82 Å². The number of alkyl halides is 3. The molecule has 2 amide bonds. The molecule has 12 heteroatoms. The predicted octanol–water partition coefficient (Wildman–Crippen LogP) is 5.83. The third-order valence-electron chi connectivity index (χ3n) is 8.50. The van der Waals surface area contributed by atoms with Crippen molar-refractivity contribution >= 4 is 29.4 Å². The maximum atomic E-state index is 12.9. The van der Waals surface area contributed by atoms with Crippen LogP contribution in [-0.2, 0) is 35.8 Å². The first-order valence-electron chi connectivity index (χ1n) is 14.9. The lowest BCUT2D eigenvalue weighted by Crippen LogP contribution is -2.39. The second kappa shape index (κ2) is 12.3. The number of piperidine rings is 1. The number of carbonyl (C=O) groups excluding carboxylic acids is 2. The van der Waals surface area contributed by atoms with Crippen LogP contribution in [0.2, 0.25) is 0 Å². The van der Waals surface area contributed by atoms with Crippen molar-refractivity contribution in [1.29, 1.82) is 0 Å². The van der Waals surface area contributed by atoms with Gasteiger partial charge in [0.1, 0.15) is 0 Å². The first kappa shape index (κ1) is 30.2. The second-order valence-electron chi connectivity index (χ2n) is 11.5. The summed E-state index contributed by atoms with van der Waals surface area (Å²) in [5, 5.41) is 12.7. The molecule has 4 aromatic rings. The minimum absolute atomic E-state index is 0.0244. The molecule has 45 heavy (non-hydrogen) atoms. The highest BCUT2D eigenvalue weighted by atomic mass is 19.4. The average molecular weight is 618 g/mol. The van der Waals surface area contributed by atoms with E-state index in [1.54, 1.807) is 22.6 Å². The standard InChI is InChI=1S/C33H34F3N7O2/c1-22(44)42-18-15-30-29(21-42)32(38-27-10-6-24(7-11-27)25-19-37-40(2)20-25)39-43(30)28-13-16-41(17-14-28)31(45)12-5-23-3-8-26(9-4-23)33(34,35)36/h3-12,19-20,28H,13-18,21H2,1-2H3,(H,38,39)/b12-5+.